The largest absolute Gasteiger partial charge is 0.378 e. The van der Waals surface area contributed by atoms with Gasteiger partial charge in [-0.25, -0.2) is 13.1 Å². The van der Waals surface area contributed by atoms with Crippen LogP contribution in [0, 0.1) is 0 Å². The van der Waals surface area contributed by atoms with E-state index in [4.69, 9.17) is 11.6 Å². The molecule has 0 aliphatic heterocycles. The molecule has 2 heterocycles. The topological polar surface area (TPSA) is 66.4 Å². The van der Waals surface area contributed by atoms with Gasteiger partial charge in [0.25, 0.3) is 0 Å². The van der Waals surface area contributed by atoms with E-state index in [1.165, 1.54) is 22.7 Å². The van der Waals surface area contributed by atoms with Gasteiger partial charge < -0.3 is 5.11 Å². The summed E-state index contributed by atoms with van der Waals surface area (Å²) in [5, 5.41) is 17.1. The zero-order chi connectivity index (χ0) is 17.9. The summed E-state index contributed by atoms with van der Waals surface area (Å²) in [5.74, 6) is -0.239. The van der Waals surface area contributed by atoms with Crippen LogP contribution in [0.15, 0.2) is 58.6 Å². The minimum Gasteiger partial charge on any atom is -0.378 e. The Balaban J connectivity index is 1.81. The Hall–Kier alpha value is -1.22. The average Bonchev–Trinajstić information content (AvgIpc) is 3.28. The van der Waals surface area contributed by atoms with Crippen LogP contribution in [0.3, 0.4) is 0 Å². The molecule has 3 aromatic rings. The first-order valence-corrected chi connectivity index (χ1v) is 11.3. The summed E-state index contributed by atoms with van der Waals surface area (Å²) in [5.41, 5.74) is -0.214. The van der Waals surface area contributed by atoms with Crippen LogP contribution >= 0.6 is 34.3 Å². The summed E-state index contributed by atoms with van der Waals surface area (Å²) in [6.45, 7) is -0.142. The molecular weight excluding hydrogens is 398 g/mol. The number of hydrogen-bond acceptors (Lipinski definition) is 5. The van der Waals surface area contributed by atoms with Gasteiger partial charge in [0.2, 0.25) is 10.0 Å². The van der Waals surface area contributed by atoms with E-state index in [-0.39, 0.29) is 12.3 Å². The zero-order valence-electron chi connectivity index (χ0n) is 13.1. The molecule has 2 aromatic heterocycles. The molecule has 0 spiro atoms. The second kappa shape index (κ2) is 7.57. The van der Waals surface area contributed by atoms with Crippen LogP contribution in [0.4, 0.5) is 0 Å². The van der Waals surface area contributed by atoms with Crippen molar-refractivity contribution in [2.24, 2.45) is 0 Å². The van der Waals surface area contributed by atoms with E-state index in [1.54, 1.807) is 36.4 Å². The van der Waals surface area contributed by atoms with Crippen molar-refractivity contribution in [3.63, 3.8) is 0 Å². The Labute approximate surface area is 159 Å². The maximum Gasteiger partial charge on any atom is 0.215 e. The summed E-state index contributed by atoms with van der Waals surface area (Å²) in [4.78, 5) is 0.686. The first kappa shape index (κ1) is 18.6. The molecule has 3 rings (SSSR count). The Bertz CT molecular complexity index is 888. The van der Waals surface area contributed by atoms with Crippen molar-refractivity contribution in [1.29, 1.82) is 0 Å². The van der Waals surface area contributed by atoms with Crippen molar-refractivity contribution in [3.05, 3.63) is 79.6 Å². The summed E-state index contributed by atoms with van der Waals surface area (Å²) in [6.07, 6.45) is 0. The third kappa shape index (κ3) is 4.31. The highest BCUT2D eigenvalue weighted by molar-refractivity contribution is 7.88. The van der Waals surface area contributed by atoms with Crippen molar-refractivity contribution in [2.45, 2.75) is 11.4 Å². The van der Waals surface area contributed by atoms with Gasteiger partial charge in [-0.3, -0.25) is 0 Å². The van der Waals surface area contributed by atoms with Gasteiger partial charge in [-0.05, 0) is 39.9 Å². The Kier molecular flexibility index (Phi) is 5.62. The highest BCUT2D eigenvalue weighted by Gasteiger charge is 2.34. The highest BCUT2D eigenvalue weighted by Crippen LogP contribution is 2.33. The number of hydrogen-bond donors (Lipinski definition) is 2. The minimum absolute atomic E-state index is 0.142. The van der Waals surface area contributed by atoms with Gasteiger partial charge in [-0.15, -0.1) is 11.3 Å². The molecule has 1 unspecified atom stereocenters. The molecule has 0 bridgehead atoms. The molecule has 4 nitrogen and oxygen atoms in total. The lowest BCUT2D eigenvalue weighted by Crippen LogP contribution is -2.41. The summed E-state index contributed by atoms with van der Waals surface area (Å²) < 4.78 is 27.5. The van der Waals surface area contributed by atoms with Crippen molar-refractivity contribution in [1.82, 2.24) is 4.72 Å². The van der Waals surface area contributed by atoms with Gasteiger partial charge in [0, 0.05) is 22.0 Å². The first-order chi connectivity index (χ1) is 11.9. The first-order valence-electron chi connectivity index (χ1n) is 7.40. The van der Waals surface area contributed by atoms with Crippen LogP contribution in [0.5, 0.6) is 0 Å². The third-order valence-electron chi connectivity index (χ3n) is 3.78. The van der Waals surface area contributed by atoms with Crippen LogP contribution in [0.1, 0.15) is 16.0 Å². The molecule has 2 N–H and O–H groups in total. The number of benzene rings is 1. The van der Waals surface area contributed by atoms with Gasteiger partial charge >= 0.3 is 0 Å². The molecule has 0 fully saturated rings. The van der Waals surface area contributed by atoms with E-state index in [0.717, 1.165) is 0 Å². The van der Waals surface area contributed by atoms with E-state index in [1.807, 2.05) is 22.2 Å². The van der Waals surface area contributed by atoms with Crippen LogP contribution < -0.4 is 4.72 Å². The average molecular weight is 414 g/mol. The van der Waals surface area contributed by atoms with Crippen molar-refractivity contribution >= 4 is 44.3 Å². The highest BCUT2D eigenvalue weighted by atomic mass is 35.5. The monoisotopic (exact) mass is 413 g/mol. The number of rotatable bonds is 7. The Morgan fingerprint density at radius 3 is 2.56 bits per heavy atom. The number of nitrogens with one attached hydrogen (secondary N) is 1. The SMILES string of the molecule is O=S(=O)(Cc1ccccc1Cl)NCC(O)(c1ccsc1)c1cccs1. The van der Waals surface area contributed by atoms with Crippen molar-refractivity contribution < 1.29 is 13.5 Å². The maximum absolute atomic E-state index is 12.5. The molecule has 25 heavy (non-hydrogen) atoms. The lowest BCUT2D eigenvalue weighted by Gasteiger charge is -2.27. The van der Waals surface area contributed by atoms with Gasteiger partial charge in [0.15, 0.2) is 0 Å². The van der Waals surface area contributed by atoms with E-state index in [2.05, 4.69) is 4.72 Å². The van der Waals surface area contributed by atoms with Crippen LogP contribution in [-0.2, 0) is 21.4 Å². The summed E-state index contributed by atoms with van der Waals surface area (Å²) >= 11 is 8.88. The fourth-order valence-electron chi connectivity index (χ4n) is 2.43. The molecule has 0 saturated carbocycles. The fraction of sp³-hybridized carbons (Fsp3) is 0.176. The Morgan fingerprint density at radius 1 is 1.12 bits per heavy atom. The zero-order valence-corrected chi connectivity index (χ0v) is 16.3. The lowest BCUT2D eigenvalue weighted by atomic mass is 9.95. The second-order valence-electron chi connectivity index (χ2n) is 5.52. The van der Waals surface area contributed by atoms with Gasteiger partial charge in [0.1, 0.15) is 5.60 Å². The number of aliphatic hydroxyl groups is 1. The molecule has 1 aromatic carbocycles. The molecule has 8 heteroatoms. The molecule has 0 aliphatic rings. The summed E-state index contributed by atoms with van der Waals surface area (Å²) in [7, 11) is -3.66. The Morgan fingerprint density at radius 2 is 1.92 bits per heavy atom. The van der Waals surface area contributed by atoms with E-state index in [0.29, 0.717) is 21.0 Å². The molecule has 132 valence electrons. The van der Waals surface area contributed by atoms with Crippen LogP contribution in [-0.4, -0.2) is 20.1 Å². The fourth-order valence-corrected chi connectivity index (χ4v) is 5.47. The van der Waals surface area contributed by atoms with E-state index >= 15 is 0 Å². The van der Waals surface area contributed by atoms with E-state index < -0.39 is 15.6 Å². The quantitative estimate of drug-likeness (QED) is 0.618. The molecule has 0 saturated heterocycles. The second-order valence-corrected chi connectivity index (χ2v) is 9.46. The predicted molar refractivity (Wildman–Crippen MR) is 104 cm³/mol. The predicted octanol–water partition coefficient (Wildman–Crippen LogP) is 3.82. The number of halogens is 1. The maximum atomic E-state index is 12.5. The molecule has 0 amide bonds. The normalized spacial score (nSPS) is 14.3. The molecule has 0 radical (unpaired) electrons. The third-order valence-corrected chi connectivity index (χ3v) is 7.13. The van der Waals surface area contributed by atoms with Crippen molar-refractivity contribution in [2.75, 3.05) is 6.54 Å². The van der Waals surface area contributed by atoms with E-state index in [9.17, 15) is 13.5 Å². The molecular formula is C17H16ClNO3S3. The standard InChI is InChI=1S/C17H16ClNO3S3/c18-15-5-2-1-4-13(15)11-25(21,22)19-12-17(20,14-7-9-23-10-14)16-6-3-8-24-16/h1-10,19-20H,11-12H2. The minimum atomic E-state index is -3.66. The number of thiophene rings is 2. The van der Waals surface area contributed by atoms with Gasteiger partial charge in [-0.1, -0.05) is 35.9 Å². The smallest absolute Gasteiger partial charge is 0.215 e. The van der Waals surface area contributed by atoms with Gasteiger partial charge in [0.05, 0.1) is 5.75 Å². The summed E-state index contributed by atoms with van der Waals surface area (Å²) in [6, 6.07) is 12.2. The van der Waals surface area contributed by atoms with Crippen molar-refractivity contribution in [3.8, 4) is 0 Å². The van der Waals surface area contributed by atoms with Gasteiger partial charge in [-0.2, -0.15) is 11.3 Å². The van der Waals surface area contributed by atoms with Crippen LogP contribution in [0.25, 0.3) is 0 Å². The lowest BCUT2D eigenvalue weighted by molar-refractivity contribution is 0.0903. The van der Waals surface area contributed by atoms with Crippen LogP contribution in [0.2, 0.25) is 5.02 Å². The molecule has 1 atom stereocenters. The molecule has 0 aliphatic carbocycles. The number of sulfonamides is 1.